The van der Waals surface area contributed by atoms with E-state index >= 15 is 0 Å². The third kappa shape index (κ3) is 4.56. The maximum atomic E-state index is 10.9. The molecule has 0 heterocycles. The first-order valence-corrected chi connectivity index (χ1v) is 6.71. The molecule has 0 saturated heterocycles. The highest BCUT2D eigenvalue weighted by Crippen LogP contribution is 2.40. The van der Waals surface area contributed by atoms with Crippen LogP contribution in [0.3, 0.4) is 0 Å². The van der Waals surface area contributed by atoms with Gasteiger partial charge in [0.25, 0.3) is 0 Å². The van der Waals surface area contributed by atoms with E-state index in [0.717, 1.165) is 0 Å². The van der Waals surface area contributed by atoms with Gasteiger partial charge in [-0.25, -0.2) is 0 Å². The minimum Gasteiger partial charge on any atom is -0.480 e. The maximum Gasteiger partial charge on any atom is 0.329 e. The van der Waals surface area contributed by atoms with Crippen molar-refractivity contribution in [3.63, 3.8) is 0 Å². The molecule has 6 nitrogen and oxygen atoms in total. The molecule has 0 aliphatic rings. The topological polar surface area (TPSA) is 107 Å². The van der Waals surface area contributed by atoms with Crippen LogP contribution in [0.1, 0.15) is 12.5 Å². The molecule has 94 valence electrons. The van der Waals surface area contributed by atoms with E-state index in [2.05, 4.69) is 5.32 Å². The Bertz CT molecular complexity index is 456. The number of carboxylic acid groups (broad SMARTS) is 1. The number of hydrogen-bond acceptors (Lipinski definition) is 3. The van der Waals surface area contributed by atoms with Crippen molar-refractivity contribution in [2.75, 3.05) is 5.32 Å². The Morgan fingerprint density at radius 3 is 2.53 bits per heavy atom. The van der Waals surface area contributed by atoms with Crippen LogP contribution >= 0.6 is 7.60 Å². The number of aliphatic carboxylic acids is 1. The first-order valence-electron chi connectivity index (χ1n) is 4.91. The molecule has 17 heavy (non-hydrogen) atoms. The number of nitrogens with one attached hydrogen (secondary N) is 1. The summed E-state index contributed by atoms with van der Waals surface area (Å²) in [6, 6.07) is 5.62. The van der Waals surface area contributed by atoms with Crippen molar-refractivity contribution >= 4 is 19.3 Å². The lowest BCUT2D eigenvalue weighted by molar-refractivity contribution is -0.137. The van der Waals surface area contributed by atoms with E-state index in [4.69, 9.17) is 14.9 Å². The predicted molar refractivity (Wildman–Crippen MR) is 62.9 cm³/mol. The third-order valence-corrected chi connectivity index (χ3v) is 2.89. The molecule has 0 aliphatic heterocycles. The lowest BCUT2D eigenvalue weighted by Gasteiger charge is -2.15. The highest BCUT2D eigenvalue weighted by molar-refractivity contribution is 7.50. The second-order valence-corrected chi connectivity index (χ2v) is 5.33. The zero-order valence-electron chi connectivity index (χ0n) is 9.20. The second-order valence-electron chi connectivity index (χ2n) is 3.68. The summed E-state index contributed by atoms with van der Waals surface area (Å²) < 4.78 is 10.9. The number of rotatable bonds is 5. The summed E-state index contributed by atoms with van der Waals surface area (Å²) in [5.41, 5.74) is 0.819. The summed E-state index contributed by atoms with van der Waals surface area (Å²) in [6.07, 6.45) is -0.414. The average Bonchev–Trinajstić information content (AvgIpc) is 2.18. The Balaban J connectivity index is 2.92. The second kappa shape index (κ2) is 5.31. The first kappa shape index (κ1) is 13.7. The smallest absolute Gasteiger partial charge is 0.329 e. The summed E-state index contributed by atoms with van der Waals surface area (Å²) in [5.74, 6) is -1.03. The summed E-state index contributed by atoms with van der Waals surface area (Å²) in [4.78, 5) is 28.5. The van der Waals surface area contributed by atoms with Crippen LogP contribution < -0.4 is 5.32 Å². The lowest BCUT2D eigenvalue weighted by atomic mass is 10.2. The number of carboxylic acids is 1. The van der Waals surface area contributed by atoms with Crippen LogP contribution in [0.15, 0.2) is 24.3 Å². The van der Waals surface area contributed by atoms with E-state index in [0.29, 0.717) is 11.3 Å². The van der Waals surface area contributed by atoms with Crippen molar-refractivity contribution in [2.45, 2.75) is 19.1 Å². The Morgan fingerprint density at radius 2 is 2.00 bits per heavy atom. The van der Waals surface area contributed by atoms with Gasteiger partial charge in [-0.2, -0.15) is 0 Å². The van der Waals surface area contributed by atoms with Crippen LogP contribution in [0.25, 0.3) is 0 Å². The normalized spacial score (nSPS) is 13.1. The molecule has 0 fully saturated rings. The molecule has 4 N–H and O–H groups in total. The Labute approximate surface area is 98.4 Å². The first-order chi connectivity index (χ1) is 7.79. The molecular formula is C10H14NO5P. The molecular weight excluding hydrogens is 245 g/mol. The molecule has 7 heteroatoms. The summed E-state index contributed by atoms with van der Waals surface area (Å²) in [5, 5.41) is 11.4. The summed E-state index contributed by atoms with van der Waals surface area (Å²) in [6.45, 7) is 1.45. The highest BCUT2D eigenvalue weighted by atomic mass is 31.2. The standard InChI is InChI=1S/C10H14NO5P/c1-7(10(12)13)11-9-5-3-2-4-8(9)6-17(14,15)16/h2-5,7,11H,6H2,1H3,(H,12,13)(H2,14,15,16)/t7-/m0/s1. The van der Waals surface area contributed by atoms with Crippen molar-refractivity contribution in [1.29, 1.82) is 0 Å². The molecule has 1 aromatic rings. The van der Waals surface area contributed by atoms with Gasteiger partial charge in [0.15, 0.2) is 0 Å². The zero-order chi connectivity index (χ0) is 13.1. The minimum absolute atomic E-state index is 0.397. The van der Waals surface area contributed by atoms with E-state index in [-0.39, 0.29) is 0 Å². The third-order valence-electron chi connectivity index (χ3n) is 2.14. The summed E-state index contributed by atoms with van der Waals surface area (Å²) in [7, 11) is -4.17. The fraction of sp³-hybridized carbons (Fsp3) is 0.300. The largest absolute Gasteiger partial charge is 0.480 e. The van der Waals surface area contributed by atoms with Gasteiger partial charge in [0, 0.05) is 5.69 Å². The Hall–Kier alpha value is -1.36. The molecule has 0 bridgehead atoms. The maximum absolute atomic E-state index is 10.9. The molecule has 0 spiro atoms. The zero-order valence-corrected chi connectivity index (χ0v) is 10.1. The Morgan fingerprint density at radius 1 is 1.41 bits per heavy atom. The highest BCUT2D eigenvalue weighted by Gasteiger charge is 2.18. The monoisotopic (exact) mass is 259 g/mol. The van der Waals surface area contributed by atoms with Crippen LogP contribution in [0.2, 0.25) is 0 Å². The number of para-hydroxylation sites is 1. The van der Waals surface area contributed by atoms with Gasteiger partial charge in [-0.1, -0.05) is 18.2 Å². The molecule has 0 aliphatic carbocycles. The van der Waals surface area contributed by atoms with Gasteiger partial charge in [0.2, 0.25) is 0 Å². The van der Waals surface area contributed by atoms with Crippen molar-refractivity contribution in [1.82, 2.24) is 0 Å². The van der Waals surface area contributed by atoms with Gasteiger partial charge >= 0.3 is 13.6 Å². The van der Waals surface area contributed by atoms with Gasteiger partial charge in [-0.3, -0.25) is 9.36 Å². The fourth-order valence-electron chi connectivity index (χ4n) is 1.32. The lowest BCUT2D eigenvalue weighted by Crippen LogP contribution is -2.25. The van der Waals surface area contributed by atoms with E-state index in [1.54, 1.807) is 24.3 Å². The van der Waals surface area contributed by atoms with Crippen LogP contribution in [0.5, 0.6) is 0 Å². The SMILES string of the molecule is C[C@H](Nc1ccccc1CP(=O)(O)O)C(=O)O. The molecule has 0 unspecified atom stereocenters. The van der Waals surface area contributed by atoms with Gasteiger partial charge < -0.3 is 20.2 Å². The number of benzene rings is 1. The summed E-state index contributed by atoms with van der Waals surface area (Å²) >= 11 is 0. The van der Waals surface area contributed by atoms with Crippen molar-refractivity contribution in [3.8, 4) is 0 Å². The van der Waals surface area contributed by atoms with Crippen LogP contribution in [0.4, 0.5) is 5.69 Å². The molecule has 0 saturated carbocycles. The average molecular weight is 259 g/mol. The van der Waals surface area contributed by atoms with Crippen LogP contribution in [0, 0.1) is 0 Å². The van der Waals surface area contributed by atoms with E-state index in [1.807, 2.05) is 0 Å². The van der Waals surface area contributed by atoms with Gasteiger partial charge in [-0.15, -0.1) is 0 Å². The number of carbonyl (C=O) groups is 1. The Kier molecular flexibility index (Phi) is 4.28. The fourth-order valence-corrected chi connectivity index (χ4v) is 2.04. The number of hydrogen-bond donors (Lipinski definition) is 4. The van der Waals surface area contributed by atoms with Gasteiger partial charge in [0.1, 0.15) is 6.04 Å². The molecule has 1 rings (SSSR count). The van der Waals surface area contributed by atoms with Gasteiger partial charge in [-0.05, 0) is 18.6 Å². The molecule has 1 atom stereocenters. The number of anilines is 1. The molecule has 0 aromatic heterocycles. The minimum atomic E-state index is -4.17. The van der Waals surface area contributed by atoms with E-state index in [1.165, 1.54) is 6.92 Å². The van der Waals surface area contributed by atoms with Crippen molar-refractivity contribution in [2.24, 2.45) is 0 Å². The van der Waals surface area contributed by atoms with Crippen molar-refractivity contribution in [3.05, 3.63) is 29.8 Å². The van der Waals surface area contributed by atoms with E-state index < -0.39 is 25.8 Å². The van der Waals surface area contributed by atoms with Crippen molar-refractivity contribution < 1.29 is 24.3 Å². The quantitative estimate of drug-likeness (QED) is 0.593. The molecule has 1 aromatic carbocycles. The molecule has 0 radical (unpaired) electrons. The molecule has 0 amide bonds. The van der Waals surface area contributed by atoms with Crippen LogP contribution in [-0.2, 0) is 15.5 Å². The van der Waals surface area contributed by atoms with E-state index in [9.17, 15) is 9.36 Å². The van der Waals surface area contributed by atoms with Gasteiger partial charge in [0.05, 0.1) is 6.16 Å². The van der Waals surface area contributed by atoms with Crippen LogP contribution in [-0.4, -0.2) is 26.9 Å². The predicted octanol–water partition coefficient (Wildman–Crippen LogP) is 1.25.